The highest BCUT2D eigenvalue weighted by Crippen LogP contribution is 2.26. The second-order valence-corrected chi connectivity index (χ2v) is 12.8. The van der Waals surface area contributed by atoms with Crippen LogP contribution in [-0.2, 0) is 26.2 Å². The fraction of sp³-hybridized carbons (Fsp3) is 0.310. The molecule has 0 spiro atoms. The number of benzene rings is 3. The Balaban J connectivity index is 1.66. The van der Waals surface area contributed by atoms with Gasteiger partial charge in [0.25, 0.3) is 10.0 Å². The van der Waals surface area contributed by atoms with Crippen LogP contribution in [-0.4, -0.2) is 43.8 Å². The Hall–Kier alpha value is -2.88. The van der Waals surface area contributed by atoms with E-state index in [1.807, 2.05) is 24.3 Å². The van der Waals surface area contributed by atoms with Gasteiger partial charge in [0, 0.05) is 22.1 Å². The lowest BCUT2D eigenvalue weighted by Crippen LogP contribution is -2.52. The third kappa shape index (κ3) is 7.41. The summed E-state index contributed by atoms with van der Waals surface area (Å²) in [5, 5.41) is 3.47. The van der Waals surface area contributed by atoms with Gasteiger partial charge in [-0.3, -0.25) is 13.9 Å². The van der Waals surface area contributed by atoms with Crippen LogP contribution in [0.5, 0.6) is 0 Å². The summed E-state index contributed by atoms with van der Waals surface area (Å²) in [6.07, 6.45) is 3.96. The first kappa shape index (κ1) is 29.1. The second-order valence-electron chi connectivity index (χ2n) is 9.62. The topological polar surface area (TPSA) is 86.8 Å². The van der Waals surface area contributed by atoms with E-state index in [0.717, 1.165) is 40.0 Å². The van der Waals surface area contributed by atoms with E-state index in [4.69, 9.17) is 11.6 Å². The number of anilines is 1. The average molecular weight is 633 g/mol. The molecule has 0 aromatic heterocycles. The van der Waals surface area contributed by atoms with Crippen LogP contribution < -0.4 is 9.62 Å². The molecule has 1 aliphatic carbocycles. The Bertz CT molecular complexity index is 1380. The SMILES string of the molecule is CC(C(=O)NC1CCCC1)N(Cc1ccc(Br)cc1)C(=O)CN(c1ccccc1)S(=O)(=O)c1ccc(Cl)cc1. The molecule has 3 aromatic carbocycles. The zero-order valence-electron chi connectivity index (χ0n) is 21.6. The maximum absolute atomic E-state index is 13.9. The number of carbonyl (C=O) groups excluding carboxylic acids is 2. The van der Waals surface area contributed by atoms with Crippen molar-refractivity contribution in [2.45, 2.75) is 56.1 Å². The van der Waals surface area contributed by atoms with Gasteiger partial charge < -0.3 is 10.2 Å². The molecule has 0 radical (unpaired) electrons. The van der Waals surface area contributed by atoms with Gasteiger partial charge in [0.2, 0.25) is 11.8 Å². The molecule has 39 heavy (non-hydrogen) atoms. The number of carbonyl (C=O) groups is 2. The second kappa shape index (κ2) is 13.0. The largest absolute Gasteiger partial charge is 0.352 e. The lowest BCUT2D eigenvalue weighted by Gasteiger charge is -2.32. The summed E-state index contributed by atoms with van der Waals surface area (Å²) in [7, 11) is -4.12. The number of para-hydroxylation sites is 1. The van der Waals surface area contributed by atoms with Crippen molar-refractivity contribution in [2.75, 3.05) is 10.8 Å². The van der Waals surface area contributed by atoms with Crippen LogP contribution in [0.25, 0.3) is 0 Å². The summed E-state index contributed by atoms with van der Waals surface area (Å²) in [4.78, 5) is 28.6. The van der Waals surface area contributed by atoms with Crippen molar-refractivity contribution in [1.29, 1.82) is 0 Å². The van der Waals surface area contributed by atoms with Crippen LogP contribution in [0, 0.1) is 0 Å². The number of nitrogens with one attached hydrogen (secondary N) is 1. The van der Waals surface area contributed by atoms with Gasteiger partial charge in [0.05, 0.1) is 10.6 Å². The van der Waals surface area contributed by atoms with E-state index in [1.54, 1.807) is 37.3 Å². The van der Waals surface area contributed by atoms with E-state index in [9.17, 15) is 18.0 Å². The maximum Gasteiger partial charge on any atom is 0.264 e. The highest BCUT2D eigenvalue weighted by Gasteiger charge is 2.33. The van der Waals surface area contributed by atoms with Gasteiger partial charge in [0.1, 0.15) is 12.6 Å². The predicted octanol–water partition coefficient (Wildman–Crippen LogP) is 5.77. The van der Waals surface area contributed by atoms with Crippen LogP contribution in [0.15, 0.2) is 88.2 Å². The fourth-order valence-electron chi connectivity index (χ4n) is 4.62. The van der Waals surface area contributed by atoms with E-state index in [1.165, 1.54) is 29.2 Å². The van der Waals surface area contributed by atoms with E-state index in [-0.39, 0.29) is 23.4 Å². The molecule has 0 heterocycles. The van der Waals surface area contributed by atoms with E-state index < -0.39 is 28.5 Å². The minimum atomic E-state index is -4.12. The average Bonchev–Trinajstić information content (AvgIpc) is 3.44. The van der Waals surface area contributed by atoms with Gasteiger partial charge in [-0.25, -0.2) is 8.42 Å². The molecule has 1 aliphatic rings. The standard InChI is InChI=1S/C29H31BrClN3O4S/c1-21(29(36)32-25-7-5-6-8-25)33(19-22-11-13-23(30)14-12-22)28(35)20-34(26-9-3-2-4-10-26)39(37,38)27-17-15-24(31)16-18-27/h2-4,9-18,21,25H,5-8,19-20H2,1H3,(H,32,36). The Kier molecular flexibility index (Phi) is 9.69. The smallest absolute Gasteiger partial charge is 0.264 e. The summed E-state index contributed by atoms with van der Waals surface area (Å²) in [6.45, 7) is 1.35. The molecule has 0 saturated heterocycles. The molecule has 2 amide bonds. The van der Waals surface area contributed by atoms with E-state index in [0.29, 0.717) is 10.7 Å². The highest BCUT2D eigenvalue weighted by molar-refractivity contribution is 9.10. The van der Waals surface area contributed by atoms with Crippen LogP contribution in [0.3, 0.4) is 0 Å². The molecule has 1 saturated carbocycles. The maximum atomic E-state index is 13.9. The van der Waals surface area contributed by atoms with Crippen molar-refractivity contribution in [3.8, 4) is 0 Å². The molecule has 4 rings (SSSR count). The summed E-state index contributed by atoms with van der Waals surface area (Å²) < 4.78 is 29.5. The lowest BCUT2D eigenvalue weighted by atomic mass is 10.1. The Morgan fingerprint density at radius 2 is 1.59 bits per heavy atom. The first-order valence-corrected chi connectivity index (χ1v) is 15.4. The third-order valence-corrected chi connectivity index (χ3v) is 9.43. The molecule has 1 unspecified atom stereocenters. The van der Waals surface area contributed by atoms with Crippen LogP contribution in [0.1, 0.15) is 38.2 Å². The van der Waals surface area contributed by atoms with E-state index in [2.05, 4.69) is 21.2 Å². The molecule has 3 aromatic rings. The number of hydrogen-bond donors (Lipinski definition) is 1. The van der Waals surface area contributed by atoms with Gasteiger partial charge >= 0.3 is 0 Å². The molecule has 1 fully saturated rings. The van der Waals surface area contributed by atoms with Crippen molar-refractivity contribution < 1.29 is 18.0 Å². The van der Waals surface area contributed by atoms with Crippen molar-refractivity contribution in [2.24, 2.45) is 0 Å². The summed E-state index contributed by atoms with van der Waals surface area (Å²) in [6, 6.07) is 21.0. The molecular weight excluding hydrogens is 602 g/mol. The summed E-state index contributed by atoms with van der Waals surface area (Å²) >= 11 is 9.41. The first-order valence-electron chi connectivity index (χ1n) is 12.8. The monoisotopic (exact) mass is 631 g/mol. The normalized spacial score (nSPS) is 14.5. The molecule has 0 aliphatic heterocycles. The van der Waals surface area contributed by atoms with Crippen LogP contribution >= 0.6 is 27.5 Å². The number of amides is 2. The zero-order valence-corrected chi connectivity index (χ0v) is 24.8. The zero-order chi connectivity index (χ0) is 28.0. The van der Waals surface area contributed by atoms with Crippen LogP contribution in [0.2, 0.25) is 5.02 Å². The van der Waals surface area contributed by atoms with Crippen molar-refractivity contribution in [1.82, 2.24) is 10.2 Å². The minimum Gasteiger partial charge on any atom is -0.352 e. The van der Waals surface area contributed by atoms with Gasteiger partial charge in [-0.1, -0.05) is 70.7 Å². The Morgan fingerprint density at radius 3 is 2.21 bits per heavy atom. The highest BCUT2D eigenvalue weighted by atomic mass is 79.9. The van der Waals surface area contributed by atoms with Crippen LogP contribution in [0.4, 0.5) is 5.69 Å². The number of sulfonamides is 1. The molecule has 10 heteroatoms. The van der Waals surface area contributed by atoms with Gasteiger partial charge in [-0.15, -0.1) is 0 Å². The number of hydrogen-bond acceptors (Lipinski definition) is 4. The molecule has 7 nitrogen and oxygen atoms in total. The van der Waals surface area contributed by atoms with Crippen molar-refractivity contribution >= 4 is 55.1 Å². The van der Waals surface area contributed by atoms with Gasteiger partial charge in [-0.2, -0.15) is 0 Å². The Labute approximate surface area is 243 Å². The van der Waals surface area contributed by atoms with E-state index >= 15 is 0 Å². The lowest BCUT2D eigenvalue weighted by molar-refractivity contribution is -0.139. The van der Waals surface area contributed by atoms with Crippen molar-refractivity contribution in [3.63, 3.8) is 0 Å². The molecule has 1 atom stereocenters. The number of nitrogens with zero attached hydrogens (tertiary/aromatic N) is 2. The first-order chi connectivity index (χ1) is 18.6. The van der Waals surface area contributed by atoms with Gasteiger partial charge in [0.15, 0.2) is 0 Å². The minimum absolute atomic E-state index is 0.00929. The molecule has 1 N–H and O–H groups in total. The number of rotatable bonds is 10. The fourth-order valence-corrected chi connectivity index (χ4v) is 6.42. The predicted molar refractivity (Wildman–Crippen MR) is 157 cm³/mol. The number of halogens is 2. The summed E-state index contributed by atoms with van der Waals surface area (Å²) in [5.41, 5.74) is 1.16. The molecule has 206 valence electrons. The Morgan fingerprint density at radius 1 is 0.974 bits per heavy atom. The van der Waals surface area contributed by atoms with Crippen molar-refractivity contribution in [3.05, 3.63) is 93.9 Å². The van der Waals surface area contributed by atoms with Gasteiger partial charge in [-0.05, 0) is 73.9 Å². The summed E-state index contributed by atoms with van der Waals surface area (Å²) in [5.74, 6) is -0.743. The molecular formula is C29H31BrClN3O4S. The quantitative estimate of drug-likeness (QED) is 0.307. The molecule has 0 bridgehead atoms. The third-order valence-electron chi connectivity index (χ3n) is 6.86.